The molecule has 0 spiro atoms. The summed E-state index contributed by atoms with van der Waals surface area (Å²) in [4.78, 5) is 12.3. The molecule has 0 radical (unpaired) electrons. The van der Waals surface area contributed by atoms with Crippen LogP contribution in [0.1, 0.15) is 27.0 Å². The summed E-state index contributed by atoms with van der Waals surface area (Å²) in [7, 11) is 0. The van der Waals surface area contributed by atoms with Crippen molar-refractivity contribution < 1.29 is 9.90 Å². The highest BCUT2D eigenvalue weighted by molar-refractivity contribution is 6.05. The summed E-state index contributed by atoms with van der Waals surface area (Å²) < 4.78 is 0. The van der Waals surface area contributed by atoms with Crippen molar-refractivity contribution in [3.8, 4) is 5.75 Å². The Morgan fingerprint density at radius 1 is 1.00 bits per heavy atom. The molecule has 0 heterocycles. The molecule has 0 unspecified atom stereocenters. The predicted octanol–water partition coefficient (Wildman–Crippen LogP) is 3.57. The molecule has 2 aromatic rings. The van der Waals surface area contributed by atoms with E-state index in [0.717, 1.165) is 11.1 Å². The lowest BCUT2D eigenvalue weighted by Crippen LogP contribution is -2.14. The standard InChI is InChI=1S/C16H17NO2/c1-10-6-4-7-13(11(10)2)16(19)17-14-8-5-9-15(18)12(14)3/h4-9,18H,1-3H3,(H,17,19). The number of aromatic hydroxyl groups is 1. The molecule has 2 aromatic carbocycles. The minimum absolute atomic E-state index is 0.157. The van der Waals surface area contributed by atoms with Crippen LogP contribution in [0.2, 0.25) is 0 Å². The SMILES string of the molecule is Cc1cccc(C(=O)Nc2cccc(O)c2C)c1C. The van der Waals surface area contributed by atoms with E-state index in [-0.39, 0.29) is 11.7 Å². The average Bonchev–Trinajstić information content (AvgIpc) is 2.38. The molecule has 0 aliphatic carbocycles. The van der Waals surface area contributed by atoms with Crippen LogP contribution in [0.25, 0.3) is 0 Å². The van der Waals surface area contributed by atoms with Crippen LogP contribution >= 0.6 is 0 Å². The molecule has 2 N–H and O–H groups in total. The quantitative estimate of drug-likeness (QED) is 0.861. The summed E-state index contributed by atoms with van der Waals surface area (Å²) in [5.41, 5.74) is 4.01. The lowest BCUT2D eigenvalue weighted by molar-refractivity contribution is 0.102. The number of anilines is 1. The molecule has 19 heavy (non-hydrogen) atoms. The lowest BCUT2D eigenvalue weighted by atomic mass is 10.0. The summed E-state index contributed by atoms with van der Waals surface area (Å²) in [6.07, 6.45) is 0. The van der Waals surface area contributed by atoms with Gasteiger partial charge in [0, 0.05) is 16.8 Å². The highest BCUT2D eigenvalue weighted by Gasteiger charge is 2.12. The van der Waals surface area contributed by atoms with Crippen molar-refractivity contribution in [1.82, 2.24) is 0 Å². The molecule has 0 aliphatic heterocycles. The number of benzene rings is 2. The third-order valence-electron chi connectivity index (χ3n) is 3.40. The van der Waals surface area contributed by atoms with Crippen molar-refractivity contribution >= 4 is 11.6 Å². The van der Waals surface area contributed by atoms with Crippen molar-refractivity contribution in [1.29, 1.82) is 0 Å². The van der Waals surface area contributed by atoms with E-state index in [2.05, 4.69) is 5.32 Å². The van der Waals surface area contributed by atoms with Crippen molar-refractivity contribution in [3.63, 3.8) is 0 Å². The van der Waals surface area contributed by atoms with Crippen molar-refractivity contribution in [2.24, 2.45) is 0 Å². The molecule has 0 bridgehead atoms. The topological polar surface area (TPSA) is 49.3 Å². The fourth-order valence-corrected chi connectivity index (χ4v) is 1.95. The van der Waals surface area contributed by atoms with Gasteiger partial charge in [-0.2, -0.15) is 0 Å². The summed E-state index contributed by atoms with van der Waals surface area (Å²) in [5, 5.41) is 12.5. The largest absolute Gasteiger partial charge is 0.508 e. The molecule has 3 heteroatoms. The average molecular weight is 255 g/mol. The first kappa shape index (κ1) is 13.1. The molecule has 0 saturated carbocycles. The minimum atomic E-state index is -0.157. The van der Waals surface area contributed by atoms with Gasteiger partial charge in [0.05, 0.1) is 0 Å². The minimum Gasteiger partial charge on any atom is -0.508 e. The Balaban J connectivity index is 2.31. The van der Waals surface area contributed by atoms with Crippen molar-refractivity contribution in [3.05, 3.63) is 58.7 Å². The van der Waals surface area contributed by atoms with Gasteiger partial charge in [-0.3, -0.25) is 4.79 Å². The van der Waals surface area contributed by atoms with Gasteiger partial charge in [0.1, 0.15) is 5.75 Å². The third-order valence-corrected chi connectivity index (χ3v) is 3.40. The number of carbonyl (C=O) groups excluding carboxylic acids is 1. The van der Waals surface area contributed by atoms with Crippen LogP contribution < -0.4 is 5.32 Å². The normalized spacial score (nSPS) is 10.3. The van der Waals surface area contributed by atoms with Gasteiger partial charge in [-0.15, -0.1) is 0 Å². The van der Waals surface area contributed by atoms with E-state index in [1.165, 1.54) is 0 Å². The molecule has 0 aliphatic rings. The van der Waals surface area contributed by atoms with Gasteiger partial charge >= 0.3 is 0 Å². The molecule has 0 saturated heterocycles. The molecule has 98 valence electrons. The number of rotatable bonds is 2. The van der Waals surface area contributed by atoms with Crippen molar-refractivity contribution in [2.75, 3.05) is 5.32 Å². The van der Waals surface area contributed by atoms with E-state index in [1.54, 1.807) is 31.2 Å². The Hall–Kier alpha value is -2.29. The van der Waals surface area contributed by atoms with Gasteiger partial charge in [-0.05, 0) is 50.1 Å². The van der Waals surface area contributed by atoms with Gasteiger partial charge in [0.15, 0.2) is 0 Å². The molecule has 3 nitrogen and oxygen atoms in total. The zero-order chi connectivity index (χ0) is 14.0. The number of hydrogen-bond donors (Lipinski definition) is 2. The fourth-order valence-electron chi connectivity index (χ4n) is 1.95. The molecule has 0 atom stereocenters. The van der Waals surface area contributed by atoms with Gasteiger partial charge in [-0.1, -0.05) is 18.2 Å². The van der Waals surface area contributed by atoms with Gasteiger partial charge in [0.2, 0.25) is 0 Å². The predicted molar refractivity (Wildman–Crippen MR) is 76.7 cm³/mol. The van der Waals surface area contributed by atoms with E-state index < -0.39 is 0 Å². The Labute approximate surface area is 112 Å². The number of aryl methyl sites for hydroxylation is 1. The highest BCUT2D eigenvalue weighted by Crippen LogP contribution is 2.24. The summed E-state index contributed by atoms with van der Waals surface area (Å²) in [5.74, 6) is 0.0219. The number of carbonyl (C=O) groups is 1. The van der Waals surface area contributed by atoms with Crippen LogP contribution in [0, 0.1) is 20.8 Å². The maximum absolute atomic E-state index is 12.3. The number of phenols is 1. The number of phenolic OH excluding ortho intramolecular Hbond substituents is 1. The van der Waals surface area contributed by atoms with E-state index >= 15 is 0 Å². The first-order valence-electron chi connectivity index (χ1n) is 6.17. The van der Waals surface area contributed by atoms with E-state index in [1.807, 2.05) is 26.0 Å². The monoisotopic (exact) mass is 255 g/mol. The van der Waals surface area contributed by atoms with E-state index in [0.29, 0.717) is 16.8 Å². The zero-order valence-electron chi connectivity index (χ0n) is 11.3. The Kier molecular flexibility index (Phi) is 3.56. The number of nitrogens with one attached hydrogen (secondary N) is 1. The van der Waals surface area contributed by atoms with E-state index in [9.17, 15) is 9.90 Å². The van der Waals surface area contributed by atoms with Crippen LogP contribution in [0.15, 0.2) is 36.4 Å². The first-order valence-corrected chi connectivity index (χ1v) is 6.17. The molecular weight excluding hydrogens is 238 g/mol. The molecule has 1 amide bonds. The smallest absolute Gasteiger partial charge is 0.255 e. The first-order chi connectivity index (χ1) is 9.00. The number of amides is 1. The Bertz CT molecular complexity index is 633. The molecule has 0 aromatic heterocycles. The van der Waals surface area contributed by atoms with Crippen molar-refractivity contribution in [2.45, 2.75) is 20.8 Å². The second-order valence-corrected chi connectivity index (χ2v) is 4.65. The molecule has 0 fully saturated rings. The van der Waals surface area contributed by atoms with Gasteiger partial charge in [-0.25, -0.2) is 0 Å². The summed E-state index contributed by atoms with van der Waals surface area (Å²) in [6.45, 7) is 5.68. The van der Waals surface area contributed by atoms with Crippen LogP contribution in [-0.2, 0) is 0 Å². The van der Waals surface area contributed by atoms with Crippen LogP contribution in [0.5, 0.6) is 5.75 Å². The lowest BCUT2D eigenvalue weighted by Gasteiger charge is -2.12. The van der Waals surface area contributed by atoms with Gasteiger partial charge in [0.25, 0.3) is 5.91 Å². The molecule has 2 rings (SSSR count). The van der Waals surface area contributed by atoms with Gasteiger partial charge < -0.3 is 10.4 Å². The fraction of sp³-hybridized carbons (Fsp3) is 0.188. The molecular formula is C16H17NO2. The zero-order valence-corrected chi connectivity index (χ0v) is 11.3. The summed E-state index contributed by atoms with van der Waals surface area (Å²) in [6, 6.07) is 10.7. The highest BCUT2D eigenvalue weighted by atomic mass is 16.3. The second-order valence-electron chi connectivity index (χ2n) is 4.65. The van der Waals surface area contributed by atoms with Crippen LogP contribution in [-0.4, -0.2) is 11.0 Å². The Morgan fingerprint density at radius 3 is 2.42 bits per heavy atom. The van der Waals surface area contributed by atoms with Crippen LogP contribution in [0.4, 0.5) is 5.69 Å². The van der Waals surface area contributed by atoms with Crippen LogP contribution in [0.3, 0.4) is 0 Å². The maximum atomic E-state index is 12.3. The number of hydrogen-bond acceptors (Lipinski definition) is 2. The van der Waals surface area contributed by atoms with E-state index in [4.69, 9.17) is 0 Å². The maximum Gasteiger partial charge on any atom is 0.255 e. The Morgan fingerprint density at radius 2 is 1.68 bits per heavy atom. The summed E-state index contributed by atoms with van der Waals surface area (Å²) >= 11 is 0. The third kappa shape index (κ3) is 2.60. The second kappa shape index (κ2) is 5.14.